The van der Waals surface area contributed by atoms with E-state index in [0.29, 0.717) is 25.0 Å². The van der Waals surface area contributed by atoms with Gasteiger partial charge in [-0.15, -0.1) is 0 Å². The highest BCUT2D eigenvalue weighted by molar-refractivity contribution is 5.80. The van der Waals surface area contributed by atoms with Crippen LogP contribution in [0.1, 0.15) is 58.6 Å². The molecule has 7 heteroatoms. The third-order valence-corrected chi connectivity index (χ3v) is 5.93. The smallest absolute Gasteiger partial charge is 0.325 e. The van der Waals surface area contributed by atoms with Crippen molar-refractivity contribution in [2.24, 2.45) is 11.3 Å². The summed E-state index contributed by atoms with van der Waals surface area (Å²) >= 11 is 0. The summed E-state index contributed by atoms with van der Waals surface area (Å²) in [6, 6.07) is 7.65. The van der Waals surface area contributed by atoms with Crippen LogP contribution >= 0.6 is 0 Å². The number of rotatable bonds is 5. The molecule has 174 valence electrons. The monoisotopic (exact) mass is 433 g/mol. The number of nitrogens with zero attached hydrogens (tertiary/aromatic N) is 2. The Morgan fingerprint density at radius 1 is 1.19 bits per heavy atom. The Morgan fingerprint density at radius 2 is 1.77 bits per heavy atom. The number of carbonyl (C=O) groups excluding carboxylic acids is 2. The van der Waals surface area contributed by atoms with Crippen molar-refractivity contribution in [2.75, 3.05) is 39.8 Å². The third-order valence-electron chi connectivity index (χ3n) is 5.93. The number of benzene rings is 1. The lowest BCUT2D eigenvalue weighted by Crippen LogP contribution is -2.63. The van der Waals surface area contributed by atoms with Gasteiger partial charge in [-0.25, -0.2) is 4.79 Å². The standard InChI is InChI=1S/C21H31N3O4.C3H8/c1-15(2)13-24-14-21(19(24)16-4-6-17(25)7-5-16)8-10-23(11-9-21)20(27)22-12-18(26)28-3;1-3-2/h4-7,15,19,25H,8-14H2,1-3H3,(H,22,27);3H2,1-2H3. The van der Waals surface area contributed by atoms with E-state index in [2.05, 4.69) is 42.6 Å². The van der Waals surface area contributed by atoms with Crippen LogP contribution in [0.2, 0.25) is 0 Å². The van der Waals surface area contributed by atoms with E-state index in [9.17, 15) is 14.7 Å². The quantitative estimate of drug-likeness (QED) is 0.691. The number of methoxy groups -OCH3 is 1. The number of carbonyl (C=O) groups is 2. The van der Waals surface area contributed by atoms with Gasteiger partial charge in [0.15, 0.2) is 0 Å². The summed E-state index contributed by atoms with van der Waals surface area (Å²) in [5.41, 5.74) is 1.39. The third kappa shape index (κ3) is 6.35. The molecular formula is C24H39N3O4. The van der Waals surface area contributed by atoms with Crippen molar-refractivity contribution in [1.29, 1.82) is 0 Å². The summed E-state index contributed by atoms with van der Waals surface area (Å²) in [5.74, 6) is 0.420. The first-order valence-electron chi connectivity index (χ1n) is 11.4. The second-order valence-corrected chi connectivity index (χ2v) is 9.11. The molecule has 0 aromatic heterocycles. The van der Waals surface area contributed by atoms with Gasteiger partial charge in [-0.05, 0) is 36.5 Å². The second kappa shape index (κ2) is 11.4. The Hall–Kier alpha value is -2.28. The topological polar surface area (TPSA) is 82.1 Å². The highest BCUT2D eigenvalue weighted by Gasteiger charge is 2.54. The van der Waals surface area contributed by atoms with E-state index in [1.54, 1.807) is 17.0 Å². The highest BCUT2D eigenvalue weighted by atomic mass is 16.5. The van der Waals surface area contributed by atoms with E-state index in [1.807, 2.05) is 12.1 Å². The van der Waals surface area contributed by atoms with Crippen molar-refractivity contribution in [1.82, 2.24) is 15.1 Å². The molecular weight excluding hydrogens is 394 g/mol. The summed E-state index contributed by atoms with van der Waals surface area (Å²) in [7, 11) is 1.31. The second-order valence-electron chi connectivity index (χ2n) is 9.11. The molecule has 2 amide bonds. The maximum absolute atomic E-state index is 12.3. The molecule has 0 aliphatic carbocycles. The number of phenols is 1. The molecule has 3 rings (SSSR count). The lowest BCUT2D eigenvalue weighted by Gasteiger charge is -2.61. The van der Waals surface area contributed by atoms with E-state index < -0.39 is 5.97 Å². The molecule has 0 radical (unpaired) electrons. The Labute approximate surface area is 186 Å². The van der Waals surface area contributed by atoms with Crippen LogP contribution in [-0.2, 0) is 9.53 Å². The average Bonchev–Trinajstić information content (AvgIpc) is 2.73. The van der Waals surface area contributed by atoms with Crippen LogP contribution in [0.3, 0.4) is 0 Å². The number of phenolic OH excluding ortho intramolecular Hbond substituents is 1. The molecule has 1 aromatic carbocycles. The molecule has 0 saturated carbocycles. The average molecular weight is 434 g/mol. The summed E-state index contributed by atoms with van der Waals surface area (Å²) in [5, 5.41) is 12.3. The number of ether oxygens (including phenoxy) is 1. The first kappa shape index (κ1) is 25.0. The van der Waals surface area contributed by atoms with E-state index >= 15 is 0 Å². The summed E-state index contributed by atoms with van der Waals surface area (Å²) < 4.78 is 4.57. The molecule has 7 nitrogen and oxygen atoms in total. The minimum absolute atomic E-state index is 0.102. The lowest BCUT2D eigenvalue weighted by molar-refractivity contribution is -0.139. The van der Waals surface area contributed by atoms with Gasteiger partial charge in [-0.3, -0.25) is 9.69 Å². The van der Waals surface area contributed by atoms with Gasteiger partial charge in [0, 0.05) is 37.6 Å². The maximum atomic E-state index is 12.3. The van der Waals surface area contributed by atoms with Crippen molar-refractivity contribution in [3.63, 3.8) is 0 Å². The molecule has 1 atom stereocenters. The van der Waals surface area contributed by atoms with Crippen LogP contribution in [0.15, 0.2) is 24.3 Å². The summed E-state index contributed by atoms with van der Waals surface area (Å²) in [6.07, 6.45) is 3.11. The van der Waals surface area contributed by atoms with Gasteiger partial charge in [0.1, 0.15) is 12.3 Å². The van der Waals surface area contributed by atoms with Crippen LogP contribution in [-0.4, -0.2) is 66.7 Å². The Morgan fingerprint density at radius 3 is 2.29 bits per heavy atom. The van der Waals surface area contributed by atoms with Crippen molar-refractivity contribution >= 4 is 12.0 Å². The van der Waals surface area contributed by atoms with Crippen molar-refractivity contribution < 1.29 is 19.4 Å². The van der Waals surface area contributed by atoms with Crippen LogP contribution < -0.4 is 5.32 Å². The van der Waals surface area contributed by atoms with E-state index in [4.69, 9.17) is 0 Å². The van der Waals surface area contributed by atoms with Crippen LogP contribution in [0.4, 0.5) is 4.79 Å². The van der Waals surface area contributed by atoms with Gasteiger partial charge in [0.2, 0.25) is 0 Å². The SMILES string of the molecule is CCC.COC(=O)CNC(=O)N1CCC2(CC1)CN(CC(C)C)C2c1ccc(O)cc1. The number of amides is 2. The molecule has 31 heavy (non-hydrogen) atoms. The first-order valence-corrected chi connectivity index (χ1v) is 11.4. The zero-order valence-electron chi connectivity index (χ0n) is 19.7. The molecule has 2 N–H and O–H groups in total. The van der Waals surface area contributed by atoms with Crippen LogP contribution in [0.25, 0.3) is 0 Å². The van der Waals surface area contributed by atoms with Crippen LogP contribution in [0.5, 0.6) is 5.75 Å². The fourth-order valence-electron chi connectivity index (χ4n) is 4.64. The maximum Gasteiger partial charge on any atom is 0.325 e. The van der Waals surface area contributed by atoms with Gasteiger partial charge < -0.3 is 20.1 Å². The lowest BCUT2D eigenvalue weighted by atomic mass is 9.63. The molecule has 2 aliphatic heterocycles. The van der Waals surface area contributed by atoms with Gasteiger partial charge in [-0.2, -0.15) is 0 Å². The van der Waals surface area contributed by atoms with Gasteiger partial charge >= 0.3 is 12.0 Å². The molecule has 2 aliphatic rings. The number of hydrogen-bond donors (Lipinski definition) is 2. The molecule has 2 fully saturated rings. The fourth-order valence-corrected chi connectivity index (χ4v) is 4.64. The minimum Gasteiger partial charge on any atom is -0.508 e. The summed E-state index contributed by atoms with van der Waals surface area (Å²) in [4.78, 5) is 27.8. The molecule has 1 spiro atoms. The Bertz CT molecular complexity index is 712. The Kier molecular flexibility index (Phi) is 9.16. The molecule has 1 aromatic rings. The zero-order chi connectivity index (χ0) is 23.0. The molecule has 1 unspecified atom stereocenters. The number of urea groups is 1. The zero-order valence-corrected chi connectivity index (χ0v) is 19.7. The first-order chi connectivity index (χ1) is 14.8. The van der Waals surface area contributed by atoms with Gasteiger partial charge in [0.25, 0.3) is 0 Å². The number of aromatic hydroxyl groups is 1. The number of hydrogen-bond acceptors (Lipinski definition) is 5. The normalized spacial score (nSPS) is 19.9. The molecule has 2 heterocycles. The number of nitrogens with one attached hydrogen (secondary N) is 1. The van der Waals surface area contributed by atoms with Gasteiger partial charge in [-0.1, -0.05) is 46.2 Å². The number of likely N-dealkylation sites (tertiary alicyclic amines) is 2. The summed E-state index contributed by atoms with van der Waals surface area (Å²) in [6.45, 7) is 12.0. The van der Waals surface area contributed by atoms with Crippen LogP contribution in [0, 0.1) is 11.3 Å². The minimum atomic E-state index is -0.447. The molecule has 2 saturated heterocycles. The van der Waals surface area contributed by atoms with E-state index in [-0.39, 0.29) is 23.7 Å². The number of esters is 1. The predicted octanol–water partition coefficient (Wildman–Crippen LogP) is 3.79. The van der Waals surface area contributed by atoms with E-state index in [1.165, 1.54) is 19.1 Å². The van der Waals surface area contributed by atoms with Gasteiger partial charge in [0.05, 0.1) is 7.11 Å². The largest absolute Gasteiger partial charge is 0.508 e. The van der Waals surface area contributed by atoms with E-state index in [0.717, 1.165) is 25.9 Å². The highest BCUT2D eigenvalue weighted by Crippen LogP contribution is 2.55. The molecule has 0 bridgehead atoms. The fraction of sp³-hybridized carbons (Fsp3) is 0.667. The van der Waals surface area contributed by atoms with Crippen molar-refractivity contribution in [3.8, 4) is 5.75 Å². The van der Waals surface area contributed by atoms with Crippen molar-refractivity contribution in [2.45, 2.75) is 53.0 Å². The Balaban J connectivity index is 0.00000107. The predicted molar refractivity (Wildman–Crippen MR) is 122 cm³/mol. The number of piperidine rings is 1. The van der Waals surface area contributed by atoms with Crippen molar-refractivity contribution in [3.05, 3.63) is 29.8 Å².